The van der Waals surface area contributed by atoms with E-state index in [-0.39, 0.29) is 28.3 Å². The van der Waals surface area contributed by atoms with E-state index in [1.165, 1.54) is 23.1 Å². The SMILES string of the molecule is Cc1ccc(N=C(C=C(N)C(C)(C)C)NC(=O)Nc2ccc(-c3nn(C)c4ncnc(N)c34)c(F)c2)cc1. The Bertz CT molecular complexity index is 1560. The zero-order valence-corrected chi connectivity index (χ0v) is 21.9. The summed E-state index contributed by atoms with van der Waals surface area (Å²) < 4.78 is 16.7. The molecule has 0 spiro atoms. The summed E-state index contributed by atoms with van der Waals surface area (Å²) in [7, 11) is 1.69. The van der Waals surface area contributed by atoms with Crippen molar-refractivity contribution in [2.24, 2.45) is 23.2 Å². The van der Waals surface area contributed by atoms with Crippen LogP contribution in [-0.4, -0.2) is 31.6 Å². The lowest BCUT2D eigenvalue weighted by molar-refractivity contribution is 0.256. The number of aliphatic imine (C=N–C) groups is 1. The Morgan fingerprint density at radius 2 is 1.84 bits per heavy atom. The van der Waals surface area contributed by atoms with Gasteiger partial charge in [0.2, 0.25) is 0 Å². The molecule has 0 atom stereocenters. The smallest absolute Gasteiger partial charge is 0.324 e. The van der Waals surface area contributed by atoms with Crippen molar-refractivity contribution in [3.8, 4) is 11.3 Å². The van der Waals surface area contributed by atoms with Crippen molar-refractivity contribution in [1.82, 2.24) is 25.1 Å². The summed E-state index contributed by atoms with van der Waals surface area (Å²) in [6.45, 7) is 7.84. The Kier molecular flexibility index (Phi) is 7.11. The number of fused-ring (bicyclic) bond motifs is 1. The highest BCUT2D eigenvalue weighted by Crippen LogP contribution is 2.32. The Morgan fingerprint density at radius 3 is 2.50 bits per heavy atom. The Morgan fingerprint density at radius 1 is 1.13 bits per heavy atom. The van der Waals surface area contributed by atoms with Crippen molar-refractivity contribution in [2.75, 3.05) is 11.1 Å². The van der Waals surface area contributed by atoms with Gasteiger partial charge in [0.1, 0.15) is 29.5 Å². The number of benzene rings is 2. The standard InChI is InChI=1S/C27H30FN9O/c1-15-6-8-16(9-7-15)33-21(13-20(29)27(2,3)4)35-26(38)34-17-10-11-18(19(28)12-17)23-22-24(30)31-14-32-25(22)37(5)36-23/h6-14H,29H2,1-5H3,(H2,30,31,32)(H2,33,34,35,38). The molecule has 4 rings (SSSR count). The average molecular weight is 516 g/mol. The molecule has 196 valence electrons. The topological polar surface area (TPSA) is 149 Å². The molecule has 0 saturated heterocycles. The minimum atomic E-state index is -0.609. The average Bonchev–Trinajstić information content (AvgIpc) is 3.17. The van der Waals surface area contributed by atoms with Gasteiger partial charge in [-0.25, -0.2) is 28.8 Å². The van der Waals surface area contributed by atoms with Crippen LogP contribution < -0.4 is 22.1 Å². The maximum atomic E-state index is 15.2. The zero-order chi connectivity index (χ0) is 27.6. The molecule has 11 heteroatoms. The number of anilines is 2. The van der Waals surface area contributed by atoms with Gasteiger partial charge >= 0.3 is 6.03 Å². The van der Waals surface area contributed by atoms with Gasteiger partial charge in [0, 0.05) is 35.5 Å². The molecule has 6 N–H and O–H groups in total. The molecule has 4 aromatic rings. The molecule has 0 aliphatic heterocycles. The van der Waals surface area contributed by atoms with Crippen molar-refractivity contribution in [3.63, 3.8) is 0 Å². The lowest BCUT2D eigenvalue weighted by Gasteiger charge is -2.19. The van der Waals surface area contributed by atoms with Crippen LogP contribution in [0.4, 0.5) is 26.4 Å². The van der Waals surface area contributed by atoms with Gasteiger partial charge in [0.25, 0.3) is 0 Å². The number of urea groups is 1. The summed E-state index contributed by atoms with van der Waals surface area (Å²) in [4.78, 5) is 25.5. The largest absolute Gasteiger partial charge is 0.401 e. The molecule has 10 nitrogen and oxygen atoms in total. The summed E-state index contributed by atoms with van der Waals surface area (Å²) in [6.07, 6.45) is 2.94. The van der Waals surface area contributed by atoms with E-state index < -0.39 is 11.8 Å². The highest BCUT2D eigenvalue weighted by atomic mass is 19.1. The van der Waals surface area contributed by atoms with Gasteiger partial charge in [-0.3, -0.25) is 5.32 Å². The predicted molar refractivity (Wildman–Crippen MR) is 148 cm³/mol. The number of hydrogen-bond donors (Lipinski definition) is 4. The number of aryl methyl sites for hydroxylation is 2. The number of nitrogen functional groups attached to an aromatic ring is 1. The van der Waals surface area contributed by atoms with E-state index >= 15 is 4.39 Å². The maximum absolute atomic E-state index is 15.2. The number of carbonyl (C=O) groups excluding carboxylic acids is 1. The van der Waals surface area contributed by atoms with Gasteiger partial charge in [-0.05, 0) is 37.3 Å². The first-order chi connectivity index (χ1) is 17.9. The number of halogens is 1. The minimum Gasteiger partial charge on any atom is -0.401 e. The Balaban J connectivity index is 1.59. The predicted octanol–water partition coefficient (Wildman–Crippen LogP) is 4.80. The van der Waals surface area contributed by atoms with Gasteiger partial charge in [-0.2, -0.15) is 5.10 Å². The molecular weight excluding hydrogens is 485 g/mol. The van der Waals surface area contributed by atoms with Gasteiger partial charge in [0.15, 0.2) is 5.65 Å². The van der Waals surface area contributed by atoms with Gasteiger partial charge < -0.3 is 16.8 Å². The quantitative estimate of drug-likeness (QED) is 0.227. The number of hydrogen-bond acceptors (Lipinski definition) is 7. The maximum Gasteiger partial charge on any atom is 0.324 e. The number of nitrogens with two attached hydrogens (primary N) is 2. The molecule has 0 bridgehead atoms. The van der Waals surface area contributed by atoms with Crippen molar-refractivity contribution >= 4 is 40.1 Å². The molecular formula is C27H30FN9O. The monoisotopic (exact) mass is 515 g/mol. The number of nitrogens with zero attached hydrogens (tertiary/aromatic N) is 5. The number of rotatable bonds is 4. The van der Waals surface area contributed by atoms with Crippen LogP contribution in [0, 0.1) is 18.2 Å². The summed E-state index contributed by atoms with van der Waals surface area (Å²) in [5.74, 6) is -0.162. The van der Waals surface area contributed by atoms with Crippen LogP contribution >= 0.6 is 0 Å². The van der Waals surface area contributed by atoms with E-state index in [2.05, 4.69) is 30.7 Å². The third-order valence-electron chi connectivity index (χ3n) is 5.82. The van der Waals surface area contributed by atoms with Crippen LogP contribution in [0.3, 0.4) is 0 Å². The minimum absolute atomic E-state index is 0.196. The number of carbonyl (C=O) groups is 1. The van der Waals surface area contributed by atoms with Crippen LogP contribution in [0.5, 0.6) is 0 Å². The van der Waals surface area contributed by atoms with Crippen molar-refractivity contribution in [3.05, 3.63) is 71.9 Å². The van der Waals surface area contributed by atoms with E-state index in [0.717, 1.165) is 5.56 Å². The second-order valence-electron chi connectivity index (χ2n) is 9.89. The molecule has 2 aromatic heterocycles. The van der Waals surface area contributed by atoms with E-state index in [9.17, 15) is 4.79 Å². The van der Waals surface area contributed by atoms with Gasteiger partial charge in [-0.15, -0.1) is 0 Å². The first kappa shape index (κ1) is 26.3. The Hall–Kier alpha value is -4.80. The van der Waals surface area contributed by atoms with E-state index in [4.69, 9.17) is 11.5 Å². The summed E-state index contributed by atoms with van der Waals surface area (Å²) in [6, 6.07) is 11.2. The van der Waals surface area contributed by atoms with E-state index in [1.54, 1.807) is 19.2 Å². The first-order valence-electron chi connectivity index (χ1n) is 11.9. The Labute approximate surface area is 219 Å². The fraction of sp³-hybridized carbons (Fsp3) is 0.222. The van der Waals surface area contributed by atoms with Crippen molar-refractivity contribution in [2.45, 2.75) is 27.7 Å². The molecule has 2 amide bonds. The second kappa shape index (κ2) is 10.3. The molecule has 0 aliphatic rings. The molecule has 2 aromatic carbocycles. The second-order valence-corrected chi connectivity index (χ2v) is 9.89. The third-order valence-corrected chi connectivity index (χ3v) is 5.82. The van der Waals surface area contributed by atoms with Crippen molar-refractivity contribution in [1.29, 1.82) is 0 Å². The van der Waals surface area contributed by atoms with E-state index in [0.29, 0.717) is 28.1 Å². The molecule has 0 radical (unpaired) electrons. The highest BCUT2D eigenvalue weighted by molar-refractivity contribution is 6.09. The van der Waals surface area contributed by atoms with E-state index in [1.807, 2.05) is 52.0 Å². The normalized spacial score (nSPS) is 12.6. The first-order valence-corrected chi connectivity index (χ1v) is 11.9. The molecule has 2 heterocycles. The number of amides is 2. The fourth-order valence-electron chi connectivity index (χ4n) is 3.58. The lowest BCUT2D eigenvalue weighted by atomic mass is 9.92. The molecule has 0 saturated carbocycles. The van der Waals surface area contributed by atoms with Crippen LogP contribution in [0.25, 0.3) is 22.3 Å². The molecule has 0 fully saturated rings. The summed E-state index contributed by atoms with van der Waals surface area (Å²) >= 11 is 0. The number of aromatic nitrogens is 4. The molecule has 0 unspecified atom stereocenters. The lowest BCUT2D eigenvalue weighted by Crippen LogP contribution is -2.34. The summed E-state index contributed by atoms with van der Waals surface area (Å²) in [5.41, 5.74) is 15.4. The zero-order valence-electron chi connectivity index (χ0n) is 21.9. The van der Waals surface area contributed by atoms with Crippen molar-refractivity contribution < 1.29 is 9.18 Å². The van der Waals surface area contributed by atoms with Gasteiger partial charge in [-0.1, -0.05) is 38.5 Å². The number of allylic oxidation sites excluding steroid dienone is 1. The molecule has 0 aliphatic carbocycles. The van der Waals surface area contributed by atoms with Crippen LogP contribution in [0.2, 0.25) is 0 Å². The fourth-order valence-corrected chi connectivity index (χ4v) is 3.58. The van der Waals surface area contributed by atoms with Crippen LogP contribution in [0.15, 0.2) is 65.6 Å². The number of nitrogens with one attached hydrogen (secondary N) is 2. The number of amidine groups is 1. The summed E-state index contributed by atoms with van der Waals surface area (Å²) in [5, 5.41) is 10.2. The molecule has 38 heavy (non-hydrogen) atoms. The third kappa shape index (κ3) is 5.77. The van der Waals surface area contributed by atoms with Crippen LogP contribution in [0.1, 0.15) is 26.3 Å². The van der Waals surface area contributed by atoms with Gasteiger partial charge in [0.05, 0.1) is 11.1 Å². The van der Waals surface area contributed by atoms with Crippen LogP contribution in [-0.2, 0) is 7.05 Å². The highest BCUT2D eigenvalue weighted by Gasteiger charge is 2.19.